The third kappa shape index (κ3) is 2.18. The summed E-state index contributed by atoms with van der Waals surface area (Å²) in [6.07, 6.45) is 1.73. The van der Waals surface area contributed by atoms with Crippen LogP contribution in [0, 0.1) is 5.82 Å². The average molecular weight is 271 g/mol. The summed E-state index contributed by atoms with van der Waals surface area (Å²) in [7, 11) is 0. The van der Waals surface area contributed by atoms with Crippen LogP contribution in [0.15, 0.2) is 42.6 Å². The molecule has 0 saturated heterocycles. The molecule has 0 aliphatic carbocycles. The maximum Gasteiger partial charge on any atom is 0.123 e. The second-order valence-electron chi connectivity index (χ2n) is 4.71. The number of hydrogen-bond acceptors (Lipinski definition) is 3. The summed E-state index contributed by atoms with van der Waals surface area (Å²) in [5.41, 5.74) is 2.32. The first-order valence-corrected chi connectivity index (χ1v) is 6.32. The van der Waals surface area contributed by atoms with E-state index in [1.807, 2.05) is 25.1 Å². The predicted molar refractivity (Wildman–Crippen MR) is 76.2 cm³/mol. The summed E-state index contributed by atoms with van der Waals surface area (Å²) in [6, 6.07) is 9.46. The summed E-state index contributed by atoms with van der Waals surface area (Å²) in [5, 5.41) is 20.9. The second kappa shape index (κ2) is 4.85. The van der Waals surface area contributed by atoms with Gasteiger partial charge in [-0.3, -0.25) is 5.10 Å². The van der Waals surface area contributed by atoms with Gasteiger partial charge in [-0.2, -0.15) is 5.10 Å². The topological polar surface area (TPSA) is 60.9 Å². The lowest BCUT2D eigenvalue weighted by molar-refractivity contribution is 0.462. The van der Waals surface area contributed by atoms with Crippen molar-refractivity contribution in [3.05, 3.63) is 54.0 Å². The Morgan fingerprint density at radius 1 is 1.30 bits per heavy atom. The van der Waals surface area contributed by atoms with Crippen LogP contribution in [-0.4, -0.2) is 15.3 Å². The molecule has 3 rings (SSSR count). The summed E-state index contributed by atoms with van der Waals surface area (Å²) in [4.78, 5) is 0. The first-order chi connectivity index (χ1) is 9.65. The molecule has 0 fully saturated rings. The summed E-state index contributed by atoms with van der Waals surface area (Å²) >= 11 is 0. The molecule has 0 aliphatic rings. The highest BCUT2D eigenvalue weighted by molar-refractivity contribution is 5.91. The zero-order valence-corrected chi connectivity index (χ0v) is 10.9. The van der Waals surface area contributed by atoms with Crippen LogP contribution >= 0.6 is 0 Å². The molecule has 2 aromatic carbocycles. The minimum Gasteiger partial charge on any atom is -0.508 e. The Hall–Kier alpha value is -2.56. The van der Waals surface area contributed by atoms with E-state index in [1.54, 1.807) is 6.20 Å². The Labute approximate surface area is 115 Å². The van der Waals surface area contributed by atoms with Crippen molar-refractivity contribution < 1.29 is 9.50 Å². The molecule has 1 aromatic heterocycles. The number of fused-ring (bicyclic) bond motifs is 1. The van der Waals surface area contributed by atoms with Gasteiger partial charge in [-0.15, -0.1) is 0 Å². The Morgan fingerprint density at radius 3 is 3.00 bits per heavy atom. The third-order valence-electron chi connectivity index (χ3n) is 3.31. The Morgan fingerprint density at radius 2 is 2.15 bits per heavy atom. The first-order valence-electron chi connectivity index (χ1n) is 6.32. The van der Waals surface area contributed by atoms with Crippen molar-refractivity contribution in [2.24, 2.45) is 0 Å². The summed E-state index contributed by atoms with van der Waals surface area (Å²) < 4.78 is 13.3. The van der Waals surface area contributed by atoms with E-state index >= 15 is 0 Å². The van der Waals surface area contributed by atoms with Crippen molar-refractivity contribution in [2.45, 2.75) is 13.0 Å². The monoisotopic (exact) mass is 271 g/mol. The fraction of sp³-hybridized carbons (Fsp3) is 0.133. The number of aromatic nitrogens is 2. The molecule has 4 nitrogen and oxygen atoms in total. The van der Waals surface area contributed by atoms with E-state index in [0.29, 0.717) is 5.56 Å². The van der Waals surface area contributed by atoms with E-state index in [-0.39, 0.29) is 17.6 Å². The van der Waals surface area contributed by atoms with E-state index < -0.39 is 0 Å². The van der Waals surface area contributed by atoms with Crippen LogP contribution in [-0.2, 0) is 0 Å². The van der Waals surface area contributed by atoms with Crippen molar-refractivity contribution in [2.75, 3.05) is 5.32 Å². The minimum absolute atomic E-state index is 0.0748. The van der Waals surface area contributed by atoms with Gasteiger partial charge >= 0.3 is 0 Å². The fourth-order valence-electron chi connectivity index (χ4n) is 2.28. The van der Waals surface area contributed by atoms with Gasteiger partial charge in [0.25, 0.3) is 0 Å². The molecule has 1 heterocycles. The van der Waals surface area contributed by atoms with Gasteiger partial charge in [0.15, 0.2) is 0 Å². The van der Waals surface area contributed by atoms with E-state index in [9.17, 15) is 9.50 Å². The van der Waals surface area contributed by atoms with Gasteiger partial charge in [0.2, 0.25) is 0 Å². The zero-order valence-electron chi connectivity index (χ0n) is 10.9. The lowest BCUT2D eigenvalue weighted by atomic mass is 10.1. The number of phenolic OH excluding ortho intramolecular Hbond substituents is 1. The summed E-state index contributed by atoms with van der Waals surface area (Å²) in [5.74, 6) is -0.293. The maximum atomic E-state index is 13.3. The number of aromatic hydroxyl groups is 1. The van der Waals surface area contributed by atoms with Crippen LogP contribution in [0.2, 0.25) is 0 Å². The number of H-pyrrole nitrogens is 1. The van der Waals surface area contributed by atoms with E-state index in [1.165, 1.54) is 18.2 Å². The van der Waals surface area contributed by atoms with Crippen molar-refractivity contribution in [3.63, 3.8) is 0 Å². The number of aromatic amines is 1. The van der Waals surface area contributed by atoms with Crippen LogP contribution < -0.4 is 5.32 Å². The minimum atomic E-state index is -0.368. The highest BCUT2D eigenvalue weighted by Gasteiger charge is 2.13. The molecule has 3 aromatic rings. The Bertz CT molecular complexity index is 754. The molecule has 102 valence electrons. The van der Waals surface area contributed by atoms with Gasteiger partial charge < -0.3 is 10.4 Å². The molecular weight excluding hydrogens is 257 g/mol. The number of halogens is 1. The van der Waals surface area contributed by atoms with Crippen LogP contribution in [0.5, 0.6) is 5.75 Å². The highest BCUT2D eigenvalue weighted by Crippen LogP contribution is 2.30. The molecule has 0 aliphatic heterocycles. The molecule has 1 atom stereocenters. The lowest BCUT2D eigenvalue weighted by Crippen LogP contribution is -2.07. The fourth-order valence-corrected chi connectivity index (χ4v) is 2.28. The molecular formula is C15H14FN3O. The second-order valence-corrected chi connectivity index (χ2v) is 4.71. The number of rotatable bonds is 3. The molecule has 5 heteroatoms. The molecule has 1 unspecified atom stereocenters. The quantitative estimate of drug-likeness (QED) is 0.682. The van der Waals surface area contributed by atoms with Gasteiger partial charge in [-0.05, 0) is 37.3 Å². The van der Waals surface area contributed by atoms with Gasteiger partial charge in [0, 0.05) is 16.6 Å². The molecule has 0 radical (unpaired) electrons. The molecule has 20 heavy (non-hydrogen) atoms. The van der Waals surface area contributed by atoms with Crippen molar-refractivity contribution in [1.29, 1.82) is 0 Å². The van der Waals surface area contributed by atoms with Crippen LogP contribution in [0.1, 0.15) is 18.5 Å². The van der Waals surface area contributed by atoms with Crippen molar-refractivity contribution in [1.82, 2.24) is 10.2 Å². The van der Waals surface area contributed by atoms with Crippen LogP contribution in [0.4, 0.5) is 10.1 Å². The predicted octanol–water partition coefficient (Wildman–Crippen LogP) is 3.58. The number of phenols is 1. The highest BCUT2D eigenvalue weighted by atomic mass is 19.1. The SMILES string of the molecule is CC(Nc1cccc2[nH]ncc12)c1cc(F)ccc1O. The largest absolute Gasteiger partial charge is 0.508 e. The van der Waals surface area contributed by atoms with Crippen LogP contribution in [0.3, 0.4) is 0 Å². The van der Waals surface area contributed by atoms with Crippen molar-refractivity contribution in [3.8, 4) is 5.75 Å². The summed E-state index contributed by atoms with van der Waals surface area (Å²) in [6.45, 7) is 1.87. The normalized spacial score (nSPS) is 12.5. The smallest absolute Gasteiger partial charge is 0.123 e. The molecule has 3 N–H and O–H groups in total. The van der Waals surface area contributed by atoms with E-state index in [0.717, 1.165) is 16.6 Å². The number of nitrogens with zero attached hydrogens (tertiary/aromatic N) is 1. The van der Waals surface area contributed by atoms with Crippen molar-refractivity contribution >= 4 is 16.6 Å². The standard InChI is InChI=1S/C15H14FN3O/c1-9(11-7-10(16)5-6-15(11)20)18-13-3-2-4-14-12(13)8-17-19-14/h2-9,18,20H,1H3,(H,17,19). The molecule has 0 amide bonds. The van der Waals surface area contributed by atoms with Gasteiger partial charge in [-0.1, -0.05) is 6.07 Å². The number of hydrogen-bond donors (Lipinski definition) is 3. The zero-order chi connectivity index (χ0) is 14.1. The van der Waals surface area contributed by atoms with E-state index in [2.05, 4.69) is 15.5 Å². The van der Waals surface area contributed by atoms with Gasteiger partial charge in [0.1, 0.15) is 11.6 Å². The number of benzene rings is 2. The molecule has 0 spiro atoms. The van der Waals surface area contributed by atoms with Gasteiger partial charge in [-0.25, -0.2) is 4.39 Å². The maximum absolute atomic E-state index is 13.3. The number of nitrogens with one attached hydrogen (secondary N) is 2. The Kier molecular flexibility index (Phi) is 3.02. The van der Waals surface area contributed by atoms with Gasteiger partial charge in [0.05, 0.1) is 17.8 Å². The molecule has 0 bridgehead atoms. The first kappa shape index (κ1) is 12.5. The average Bonchev–Trinajstić information content (AvgIpc) is 2.91. The number of anilines is 1. The van der Waals surface area contributed by atoms with Crippen LogP contribution in [0.25, 0.3) is 10.9 Å². The molecule has 0 saturated carbocycles. The lowest BCUT2D eigenvalue weighted by Gasteiger charge is -2.17. The third-order valence-corrected chi connectivity index (χ3v) is 3.31. The van der Waals surface area contributed by atoms with E-state index in [4.69, 9.17) is 0 Å². The Balaban J connectivity index is 1.94.